The van der Waals surface area contributed by atoms with Crippen LogP contribution in [0, 0.1) is 11.3 Å². The first kappa shape index (κ1) is 13.9. The molecule has 0 aliphatic heterocycles. The summed E-state index contributed by atoms with van der Waals surface area (Å²) in [6.07, 6.45) is 6.74. The molecule has 0 N–H and O–H groups in total. The van der Waals surface area contributed by atoms with Gasteiger partial charge in [-0.05, 0) is 50.2 Å². The van der Waals surface area contributed by atoms with Gasteiger partial charge in [-0.2, -0.15) is 5.26 Å². The molecule has 0 saturated carbocycles. The summed E-state index contributed by atoms with van der Waals surface area (Å²) in [5, 5.41) is 9.38. The summed E-state index contributed by atoms with van der Waals surface area (Å²) in [4.78, 5) is 6.99. The molecular weight excluding hydrogens is 234 g/mol. The van der Waals surface area contributed by atoms with Gasteiger partial charge in [0.05, 0.1) is 5.56 Å². The van der Waals surface area contributed by atoms with E-state index >= 15 is 0 Å². The quantitative estimate of drug-likeness (QED) is 0.829. The van der Waals surface area contributed by atoms with E-state index in [0.29, 0.717) is 6.04 Å². The Hall–Kier alpha value is -1.56. The summed E-state index contributed by atoms with van der Waals surface area (Å²) in [6.45, 7) is 4.38. The third kappa shape index (κ3) is 2.73. The number of hydrogen-bond acceptors (Lipinski definition) is 3. The van der Waals surface area contributed by atoms with Crippen molar-refractivity contribution < 1.29 is 0 Å². The number of rotatable bonds is 4. The zero-order valence-electron chi connectivity index (χ0n) is 12.2. The van der Waals surface area contributed by atoms with Crippen molar-refractivity contribution in [3.05, 3.63) is 22.9 Å². The highest BCUT2D eigenvalue weighted by Crippen LogP contribution is 2.27. The van der Waals surface area contributed by atoms with Crippen LogP contribution in [0.3, 0.4) is 0 Å². The fourth-order valence-electron chi connectivity index (χ4n) is 2.98. The van der Waals surface area contributed by atoms with Gasteiger partial charge in [0.15, 0.2) is 0 Å². The molecule has 0 fully saturated rings. The average molecular weight is 257 g/mol. The molecule has 1 aromatic rings. The van der Waals surface area contributed by atoms with Crippen LogP contribution in [0.5, 0.6) is 0 Å². The lowest BCUT2D eigenvalue weighted by Gasteiger charge is -2.29. The molecule has 3 heteroatoms. The monoisotopic (exact) mass is 257 g/mol. The predicted octanol–water partition coefficient (Wildman–Crippen LogP) is 3.46. The Morgan fingerprint density at radius 1 is 1.32 bits per heavy atom. The summed E-state index contributed by atoms with van der Waals surface area (Å²) in [5.74, 6) is 0.872. The molecule has 0 spiro atoms. The minimum atomic E-state index is 0.459. The Labute approximate surface area is 116 Å². The number of nitriles is 1. The molecule has 19 heavy (non-hydrogen) atoms. The Bertz CT molecular complexity index is 484. The second kappa shape index (κ2) is 6.06. The minimum absolute atomic E-state index is 0.459. The average Bonchev–Trinajstić information content (AvgIpc) is 2.46. The highest BCUT2D eigenvalue weighted by molar-refractivity contribution is 5.56. The molecule has 0 aromatic carbocycles. The summed E-state index contributed by atoms with van der Waals surface area (Å²) in [6, 6.07) is 4.85. The molecule has 102 valence electrons. The van der Waals surface area contributed by atoms with Gasteiger partial charge in [0.25, 0.3) is 0 Å². The van der Waals surface area contributed by atoms with Crippen molar-refractivity contribution in [3.63, 3.8) is 0 Å². The van der Waals surface area contributed by atoms with E-state index in [1.165, 1.54) is 24.1 Å². The molecule has 1 aromatic heterocycles. The van der Waals surface area contributed by atoms with Crippen LogP contribution in [0.2, 0.25) is 0 Å². The van der Waals surface area contributed by atoms with Crippen LogP contribution in [0.1, 0.15) is 56.4 Å². The van der Waals surface area contributed by atoms with Crippen LogP contribution in [0.25, 0.3) is 0 Å². The fraction of sp³-hybridized carbons (Fsp3) is 0.625. The Kier molecular flexibility index (Phi) is 4.42. The van der Waals surface area contributed by atoms with Crippen LogP contribution >= 0.6 is 0 Å². The van der Waals surface area contributed by atoms with Gasteiger partial charge in [0.2, 0.25) is 0 Å². The van der Waals surface area contributed by atoms with E-state index in [4.69, 9.17) is 4.98 Å². The second-order valence-electron chi connectivity index (χ2n) is 5.37. The molecule has 0 unspecified atom stereocenters. The fourth-order valence-corrected chi connectivity index (χ4v) is 2.98. The van der Waals surface area contributed by atoms with Crippen molar-refractivity contribution in [2.24, 2.45) is 0 Å². The first-order valence-electron chi connectivity index (χ1n) is 7.37. The van der Waals surface area contributed by atoms with Gasteiger partial charge in [0.1, 0.15) is 11.9 Å². The van der Waals surface area contributed by atoms with Gasteiger partial charge in [-0.15, -0.1) is 0 Å². The van der Waals surface area contributed by atoms with Crippen LogP contribution in [-0.2, 0) is 12.8 Å². The number of aryl methyl sites for hydroxylation is 2. The zero-order chi connectivity index (χ0) is 13.8. The molecule has 1 aliphatic carbocycles. The molecule has 2 rings (SSSR count). The van der Waals surface area contributed by atoms with Crippen molar-refractivity contribution in [1.29, 1.82) is 5.26 Å². The smallest absolute Gasteiger partial charge is 0.146 e. The molecular formula is C16H23N3. The third-order valence-electron chi connectivity index (χ3n) is 4.23. The van der Waals surface area contributed by atoms with Crippen molar-refractivity contribution in [3.8, 4) is 6.07 Å². The third-order valence-corrected chi connectivity index (χ3v) is 4.23. The lowest BCUT2D eigenvalue weighted by atomic mass is 9.94. The van der Waals surface area contributed by atoms with Crippen LogP contribution in [0.4, 0.5) is 5.82 Å². The standard InChI is InChI=1S/C16H23N3/c1-4-14(5-2)19(3)16-13(11-17)10-12-8-6-7-9-15(12)18-16/h10,14H,4-9H2,1-3H3. The van der Waals surface area contributed by atoms with Crippen LogP contribution in [0.15, 0.2) is 6.07 Å². The van der Waals surface area contributed by atoms with E-state index in [1.54, 1.807) is 0 Å². The number of aromatic nitrogens is 1. The van der Waals surface area contributed by atoms with E-state index in [-0.39, 0.29) is 0 Å². The van der Waals surface area contributed by atoms with E-state index in [9.17, 15) is 5.26 Å². The summed E-state index contributed by atoms with van der Waals surface area (Å²) >= 11 is 0. The first-order chi connectivity index (χ1) is 9.21. The van der Waals surface area contributed by atoms with E-state index in [0.717, 1.165) is 37.1 Å². The number of anilines is 1. The lowest BCUT2D eigenvalue weighted by Crippen LogP contribution is -2.32. The van der Waals surface area contributed by atoms with Gasteiger partial charge >= 0.3 is 0 Å². The summed E-state index contributed by atoms with van der Waals surface area (Å²) in [5.41, 5.74) is 3.22. The molecule has 1 aliphatic rings. The van der Waals surface area contributed by atoms with E-state index in [1.807, 2.05) is 0 Å². The Balaban J connectivity index is 2.41. The Morgan fingerprint density at radius 3 is 2.63 bits per heavy atom. The predicted molar refractivity (Wildman–Crippen MR) is 78.4 cm³/mol. The van der Waals surface area contributed by atoms with Crippen molar-refractivity contribution in [1.82, 2.24) is 4.98 Å². The van der Waals surface area contributed by atoms with Gasteiger partial charge < -0.3 is 4.90 Å². The van der Waals surface area contributed by atoms with Gasteiger partial charge in [-0.25, -0.2) is 4.98 Å². The van der Waals surface area contributed by atoms with Crippen molar-refractivity contribution in [2.45, 2.75) is 58.4 Å². The summed E-state index contributed by atoms with van der Waals surface area (Å²) < 4.78 is 0. The SMILES string of the molecule is CCC(CC)N(C)c1nc2c(cc1C#N)CCCC2. The highest BCUT2D eigenvalue weighted by Gasteiger charge is 2.20. The maximum Gasteiger partial charge on any atom is 0.146 e. The maximum atomic E-state index is 9.38. The van der Waals surface area contributed by atoms with Gasteiger partial charge in [-0.1, -0.05) is 13.8 Å². The molecule has 0 saturated heterocycles. The van der Waals surface area contributed by atoms with Gasteiger partial charge in [-0.3, -0.25) is 0 Å². The normalized spacial score (nSPS) is 14.1. The number of hydrogen-bond donors (Lipinski definition) is 0. The molecule has 0 atom stereocenters. The largest absolute Gasteiger partial charge is 0.356 e. The topological polar surface area (TPSA) is 39.9 Å². The maximum absolute atomic E-state index is 9.38. The van der Waals surface area contributed by atoms with E-state index in [2.05, 4.69) is 37.9 Å². The molecule has 0 radical (unpaired) electrons. The number of nitrogens with zero attached hydrogens (tertiary/aromatic N) is 3. The van der Waals surface area contributed by atoms with Crippen LogP contribution < -0.4 is 4.90 Å². The molecule has 3 nitrogen and oxygen atoms in total. The second-order valence-corrected chi connectivity index (χ2v) is 5.37. The zero-order valence-corrected chi connectivity index (χ0v) is 12.2. The summed E-state index contributed by atoms with van der Waals surface area (Å²) in [7, 11) is 2.07. The Morgan fingerprint density at radius 2 is 2.00 bits per heavy atom. The first-order valence-corrected chi connectivity index (χ1v) is 7.37. The lowest BCUT2D eigenvalue weighted by molar-refractivity contribution is 0.582. The van der Waals surface area contributed by atoms with Crippen molar-refractivity contribution in [2.75, 3.05) is 11.9 Å². The van der Waals surface area contributed by atoms with E-state index < -0.39 is 0 Å². The van der Waals surface area contributed by atoms with Gasteiger partial charge in [0, 0.05) is 18.8 Å². The van der Waals surface area contributed by atoms with Crippen LogP contribution in [-0.4, -0.2) is 18.1 Å². The number of fused-ring (bicyclic) bond motifs is 1. The number of pyridine rings is 1. The molecule has 1 heterocycles. The highest BCUT2D eigenvalue weighted by atomic mass is 15.2. The van der Waals surface area contributed by atoms with Crippen molar-refractivity contribution >= 4 is 5.82 Å². The molecule has 0 amide bonds. The minimum Gasteiger partial charge on any atom is -0.356 e. The molecule has 0 bridgehead atoms.